The average molecular weight is 454 g/mol. The highest BCUT2D eigenvalue weighted by molar-refractivity contribution is 7.45. The number of quaternary nitrogens is 1. The molecule has 0 bridgehead atoms. The molecular formula is C22H48NO6P. The van der Waals surface area contributed by atoms with Crippen LogP contribution >= 0.6 is 7.82 Å². The van der Waals surface area contributed by atoms with Gasteiger partial charge in [0.05, 0.1) is 34.4 Å². The van der Waals surface area contributed by atoms with Crippen molar-refractivity contribution in [2.45, 2.75) is 90.1 Å². The molecule has 1 N–H and O–H groups in total. The molecule has 0 spiro atoms. The number of hydrogen-bond donors (Lipinski definition) is 1. The zero-order chi connectivity index (χ0) is 22.7. The maximum absolute atomic E-state index is 11.6. The Balaban J connectivity index is 3.44. The van der Waals surface area contributed by atoms with Crippen LogP contribution in [0.25, 0.3) is 0 Å². The molecule has 30 heavy (non-hydrogen) atoms. The van der Waals surface area contributed by atoms with E-state index in [1.165, 1.54) is 64.2 Å². The zero-order valence-electron chi connectivity index (χ0n) is 20.0. The van der Waals surface area contributed by atoms with Crippen molar-refractivity contribution >= 4 is 7.82 Å². The van der Waals surface area contributed by atoms with Crippen molar-refractivity contribution in [1.29, 1.82) is 0 Å². The van der Waals surface area contributed by atoms with Gasteiger partial charge in [0.15, 0.2) is 0 Å². The van der Waals surface area contributed by atoms with Gasteiger partial charge in [-0.1, -0.05) is 77.6 Å². The molecule has 0 aromatic heterocycles. The molecule has 0 saturated carbocycles. The average Bonchev–Trinajstić information content (AvgIpc) is 2.65. The van der Waals surface area contributed by atoms with E-state index in [9.17, 15) is 14.6 Å². The Hall–Kier alpha value is -0.0100. The number of aliphatic hydroxyl groups is 1. The smallest absolute Gasteiger partial charge is 0.268 e. The van der Waals surface area contributed by atoms with Crippen molar-refractivity contribution in [1.82, 2.24) is 0 Å². The summed E-state index contributed by atoms with van der Waals surface area (Å²) in [6, 6.07) is 0. The molecule has 0 aliphatic heterocycles. The first-order chi connectivity index (χ1) is 14.2. The van der Waals surface area contributed by atoms with E-state index in [0.29, 0.717) is 17.6 Å². The Morgan fingerprint density at radius 3 is 1.80 bits per heavy atom. The topological polar surface area (TPSA) is 88.0 Å². The van der Waals surface area contributed by atoms with Crippen LogP contribution in [0.3, 0.4) is 0 Å². The number of likely N-dealkylation sites (N-methyl/N-ethyl adjacent to an activating group) is 1. The minimum atomic E-state index is -4.38. The number of rotatable bonds is 22. The molecule has 2 atom stereocenters. The number of ether oxygens (including phenoxy) is 1. The van der Waals surface area contributed by atoms with Gasteiger partial charge in [-0.2, -0.15) is 0 Å². The van der Waals surface area contributed by atoms with E-state index < -0.39 is 13.9 Å². The van der Waals surface area contributed by atoms with Gasteiger partial charge >= 0.3 is 0 Å². The van der Waals surface area contributed by atoms with Crippen LogP contribution in [0.2, 0.25) is 0 Å². The van der Waals surface area contributed by atoms with E-state index in [1.54, 1.807) is 0 Å². The van der Waals surface area contributed by atoms with Crippen LogP contribution in [0.5, 0.6) is 0 Å². The fourth-order valence-electron chi connectivity index (χ4n) is 2.95. The zero-order valence-corrected chi connectivity index (χ0v) is 20.9. The minimum absolute atomic E-state index is 0.0514. The van der Waals surface area contributed by atoms with Crippen molar-refractivity contribution in [2.75, 3.05) is 54.1 Å². The molecule has 2 unspecified atom stereocenters. The van der Waals surface area contributed by atoms with Gasteiger partial charge in [-0.15, -0.1) is 0 Å². The summed E-state index contributed by atoms with van der Waals surface area (Å²) >= 11 is 0. The second-order valence-corrected chi connectivity index (χ2v) is 10.6. The van der Waals surface area contributed by atoms with E-state index in [1.807, 2.05) is 21.1 Å². The standard InChI is InChI=1S/C22H48NO6P/c1-5-6-7-8-9-10-11-12-13-14-15-16-18-27-20-22(24)21-29-30(25,26)28-19-17-23(2,3)4/h22,24H,5-21H2,1-4H3. The van der Waals surface area contributed by atoms with Crippen molar-refractivity contribution in [3.05, 3.63) is 0 Å². The molecule has 0 aromatic rings. The molecule has 0 saturated heterocycles. The Bertz CT molecular complexity index is 430. The number of nitrogens with zero attached hydrogens (tertiary/aromatic N) is 1. The maximum atomic E-state index is 11.6. The van der Waals surface area contributed by atoms with Gasteiger partial charge in [-0.25, -0.2) is 0 Å². The van der Waals surface area contributed by atoms with Gasteiger partial charge in [-0.05, 0) is 6.42 Å². The second-order valence-electron chi connectivity index (χ2n) is 9.21. The highest BCUT2D eigenvalue weighted by Crippen LogP contribution is 2.38. The van der Waals surface area contributed by atoms with Gasteiger partial charge in [0.25, 0.3) is 7.82 Å². The summed E-state index contributed by atoms with van der Waals surface area (Å²) in [7, 11) is 1.44. The lowest BCUT2D eigenvalue weighted by Gasteiger charge is -2.27. The van der Waals surface area contributed by atoms with E-state index >= 15 is 0 Å². The lowest BCUT2D eigenvalue weighted by atomic mass is 10.1. The van der Waals surface area contributed by atoms with Crippen molar-refractivity contribution in [3.63, 3.8) is 0 Å². The van der Waals surface area contributed by atoms with Crippen LogP contribution < -0.4 is 4.89 Å². The Morgan fingerprint density at radius 1 is 0.800 bits per heavy atom. The van der Waals surface area contributed by atoms with Gasteiger partial charge in [-0.3, -0.25) is 4.57 Å². The molecule has 0 aliphatic rings. The summed E-state index contributed by atoms with van der Waals surface area (Å²) < 4.78 is 27.2. The molecule has 0 rings (SSSR count). The molecule has 182 valence electrons. The van der Waals surface area contributed by atoms with Crippen LogP contribution in [0.1, 0.15) is 84.0 Å². The lowest BCUT2D eigenvalue weighted by Crippen LogP contribution is -2.37. The third kappa shape index (κ3) is 22.7. The monoisotopic (exact) mass is 453 g/mol. The summed E-state index contributed by atoms with van der Waals surface area (Å²) in [5.74, 6) is 0. The Morgan fingerprint density at radius 2 is 1.30 bits per heavy atom. The molecule has 7 nitrogen and oxygen atoms in total. The number of phosphoric acid groups is 1. The first kappa shape index (κ1) is 30.0. The van der Waals surface area contributed by atoms with Gasteiger partial charge < -0.3 is 28.3 Å². The Kier molecular flexibility index (Phi) is 18.5. The highest BCUT2D eigenvalue weighted by atomic mass is 31.2. The number of aliphatic hydroxyl groups excluding tert-OH is 1. The van der Waals surface area contributed by atoms with Crippen molar-refractivity contribution in [2.24, 2.45) is 0 Å². The molecule has 0 amide bonds. The predicted octanol–water partition coefficient (Wildman–Crippen LogP) is 4.27. The van der Waals surface area contributed by atoms with Crippen LogP contribution in [0.15, 0.2) is 0 Å². The first-order valence-electron chi connectivity index (χ1n) is 11.8. The second kappa shape index (κ2) is 18.6. The largest absolute Gasteiger partial charge is 0.756 e. The Labute approximate surface area is 185 Å². The third-order valence-electron chi connectivity index (χ3n) is 4.89. The van der Waals surface area contributed by atoms with Gasteiger partial charge in [0.1, 0.15) is 19.3 Å². The van der Waals surface area contributed by atoms with Gasteiger partial charge in [0, 0.05) is 6.61 Å². The molecule has 8 heteroatoms. The minimum Gasteiger partial charge on any atom is -0.756 e. The lowest BCUT2D eigenvalue weighted by molar-refractivity contribution is -0.870. The summed E-state index contributed by atoms with van der Waals surface area (Å²) in [6.45, 7) is 3.14. The fourth-order valence-corrected chi connectivity index (χ4v) is 3.69. The van der Waals surface area contributed by atoms with E-state index in [-0.39, 0.29) is 19.8 Å². The van der Waals surface area contributed by atoms with Crippen LogP contribution in [-0.4, -0.2) is 69.8 Å². The number of unbranched alkanes of at least 4 members (excludes halogenated alkanes) is 11. The van der Waals surface area contributed by atoms with Crippen molar-refractivity contribution in [3.8, 4) is 0 Å². The molecule has 0 aromatic carbocycles. The summed E-state index contributed by atoms with van der Waals surface area (Å²) in [4.78, 5) is 11.6. The molecule has 0 fully saturated rings. The van der Waals surface area contributed by atoms with Crippen LogP contribution in [-0.2, 0) is 18.3 Å². The van der Waals surface area contributed by atoms with E-state index in [2.05, 4.69) is 6.92 Å². The first-order valence-corrected chi connectivity index (χ1v) is 13.3. The predicted molar refractivity (Wildman–Crippen MR) is 120 cm³/mol. The van der Waals surface area contributed by atoms with Gasteiger partial charge in [0.2, 0.25) is 0 Å². The normalized spacial score (nSPS) is 15.3. The maximum Gasteiger partial charge on any atom is 0.268 e. The SMILES string of the molecule is CCCCCCCCCCCCCCOCC(O)COP(=O)([O-])OCC[N+](C)(C)C. The number of phosphoric ester groups is 1. The van der Waals surface area contributed by atoms with Crippen LogP contribution in [0.4, 0.5) is 0 Å². The fraction of sp³-hybridized carbons (Fsp3) is 1.00. The van der Waals surface area contributed by atoms with E-state index in [4.69, 9.17) is 13.8 Å². The van der Waals surface area contributed by atoms with E-state index in [0.717, 1.165) is 12.8 Å². The summed E-state index contributed by atoms with van der Waals surface area (Å²) in [5.41, 5.74) is 0. The summed E-state index contributed by atoms with van der Waals surface area (Å²) in [6.07, 6.45) is 14.5. The quantitative estimate of drug-likeness (QED) is 0.150. The van der Waals surface area contributed by atoms with Crippen LogP contribution in [0, 0.1) is 0 Å². The molecule has 0 heterocycles. The van der Waals surface area contributed by atoms with Crippen molar-refractivity contribution < 1.29 is 32.8 Å². The molecular weight excluding hydrogens is 405 g/mol. The number of hydrogen-bond acceptors (Lipinski definition) is 6. The molecule has 0 aliphatic carbocycles. The highest BCUT2D eigenvalue weighted by Gasteiger charge is 2.15. The summed E-state index contributed by atoms with van der Waals surface area (Å²) in [5, 5.41) is 9.79. The molecule has 0 radical (unpaired) electrons. The third-order valence-corrected chi connectivity index (χ3v) is 5.85.